The largest absolute Gasteiger partial charge is 0.507 e. The number of imidazole rings is 1. The van der Waals surface area contributed by atoms with E-state index in [9.17, 15) is 5.11 Å². The second kappa shape index (κ2) is 3.35. The monoisotopic (exact) mass is 208 g/mol. The molecule has 0 aliphatic carbocycles. The molecule has 0 spiro atoms. The Morgan fingerprint density at radius 1 is 1.36 bits per heavy atom. The minimum Gasteiger partial charge on any atom is -0.507 e. The van der Waals surface area contributed by atoms with Gasteiger partial charge in [-0.05, 0) is 23.7 Å². The lowest BCUT2D eigenvalue weighted by molar-refractivity contribution is 0.477. The van der Waals surface area contributed by atoms with Crippen LogP contribution < -0.4 is 0 Å². The Balaban J connectivity index is 2.60. The lowest BCUT2D eigenvalue weighted by atomic mass is 10.1. The van der Waals surface area contributed by atoms with Gasteiger partial charge >= 0.3 is 0 Å². The zero-order valence-corrected chi connectivity index (χ0v) is 8.36. The Labute approximate surface area is 86.6 Å². The summed E-state index contributed by atoms with van der Waals surface area (Å²) in [6.07, 6.45) is 1.64. The third-order valence-corrected chi connectivity index (χ3v) is 2.46. The van der Waals surface area contributed by atoms with Crippen molar-refractivity contribution in [1.29, 1.82) is 0 Å². The first-order chi connectivity index (χ1) is 6.70. The molecule has 1 heterocycles. The molecule has 0 unspecified atom stereocenters. The summed E-state index contributed by atoms with van der Waals surface area (Å²) in [5.74, 6) is 0.229. The highest BCUT2D eigenvalue weighted by atomic mass is 35.5. The molecule has 1 N–H and O–H groups in total. The van der Waals surface area contributed by atoms with E-state index < -0.39 is 0 Å². The first-order valence-electron chi connectivity index (χ1n) is 4.15. The molecule has 2 aromatic rings. The molecule has 72 valence electrons. The standard InChI is InChI=1S/C10H9ClN2O/c1-13-8(6-12-10(13)11)7-4-2-3-5-9(7)14/h2-6,14H,1H3. The highest BCUT2D eigenvalue weighted by molar-refractivity contribution is 6.28. The van der Waals surface area contributed by atoms with Crippen LogP contribution >= 0.6 is 11.6 Å². The number of phenols is 1. The zero-order valence-electron chi connectivity index (χ0n) is 7.61. The van der Waals surface area contributed by atoms with Crippen LogP contribution in [0.15, 0.2) is 30.5 Å². The van der Waals surface area contributed by atoms with Crippen molar-refractivity contribution < 1.29 is 5.11 Å². The normalized spacial score (nSPS) is 10.4. The third-order valence-electron chi connectivity index (χ3n) is 2.11. The second-order valence-corrected chi connectivity index (χ2v) is 3.33. The average Bonchev–Trinajstić information content (AvgIpc) is 2.49. The van der Waals surface area contributed by atoms with Gasteiger partial charge < -0.3 is 9.67 Å². The van der Waals surface area contributed by atoms with Gasteiger partial charge in [0.15, 0.2) is 0 Å². The fourth-order valence-corrected chi connectivity index (χ4v) is 1.47. The summed E-state index contributed by atoms with van der Waals surface area (Å²) in [6.45, 7) is 0. The van der Waals surface area contributed by atoms with Crippen molar-refractivity contribution in [2.24, 2.45) is 7.05 Å². The molecule has 0 bridgehead atoms. The Kier molecular flexibility index (Phi) is 2.17. The van der Waals surface area contributed by atoms with Gasteiger partial charge in [-0.25, -0.2) is 4.98 Å². The summed E-state index contributed by atoms with van der Waals surface area (Å²) in [5.41, 5.74) is 1.53. The number of nitrogens with zero attached hydrogens (tertiary/aromatic N) is 2. The number of phenolic OH excluding ortho intramolecular Hbond substituents is 1. The Morgan fingerprint density at radius 3 is 2.64 bits per heavy atom. The number of aromatic hydroxyl groups is 1. The fraction of sp³-hybridized carbons (Fsp3) is 0.100. The zero-order chi connectivity index (χ0) is 10.1. The van der Waals surface area contributed by atoms with Crippen molar-refractivity contribution in [3.63, 3.8) is 0 Å². The van der Waals surface area contributed by atoms with E-state index in [1.54, 1.807) is 29.9 Å². The summed E-state index contributed by atoms with van der Waals surface area (Å²) in [6, 6.07) is 7.09. The van der Waals surface area contributed by atoms with Crippen LogP contribution in [-0.4, -0.2) is 14.7 Å². The molecule has 0 saturated heterocycles. The second-order valence-electron chi connectivity index (χ2n) is 2.99. The smallest absolute Gasteiger partial charge is 0.202 e. The quantitative estimate of drug-likeness (QED) is 0.782. The number of rotatable bonds is 1. The molecule has 4 heteroatoms. The highest BCUT2D eigenvalue weighted by Crippen LogP contribution is 2.29. The summed E-state index contributed by atoms with van der Waals surface area (Å²) in [4.78, 5) is 3.95. The Bertz CT molecular complexity index is 465. The number of hydrogen-bond acceptors (Lipinski definition) is 2. The molecule has 2 rings (SSSR count). The molecule has 0 amide bonds. The van der Waals surface area contributed by atoms with Crippen LogP contribution in [-0.2, 0) is 7.05 Å². The van der Waals surface area contributed by atoms with E-state index in [0.717, 1.165) is 11.3 Å². The number of aromatic nitrogens is 2. The number of benzene rings is 1. The third kappa shape index (κ3) is 1.36. The van der Waals surface area contributed by atoms with Crippen LogP contribution in [0.2, 0.25) is 5.28 Å². The lowest BCUT2D eigenvalue weighted by Gasteiger charge is -2.04. The van der Waals surface area contributed by atoms with Gasteiger partial charge in [0.25, 0.3) is 0 Å². The molecule has 14 heavy (non-hydrogen) atoms. The van der Waals surface area contributed by atoms with Gasteiger partial charge in [-0.3, -0.25) is 0 Å². The van der Waals surface area contributed by atoms with Crippen molar-refractivity contribution >= 4 is 11.6 Å². The maximum Gasteiger partial charge on any atom is 0.202 e. The maximum absolute atomic E-state index is 9.61. The summed E-state index contributed by atoms with van der Waals surface area (Å²) < 4.78 is 1.72. The molecule has 0 atom stereocenters. The highest BCUT2D eigenvalue weighted by Gasteiger charge is 2.09. The molecular formula is C10H9ClN2O. The molecule has 0 saturated carbocycles. The molecule has 0 radical (unpaired) electrons. The van der Waals surface area contributed by atoms with Crippen molar-refractivity contribution in [2.75, 3.05) is 0 Å². The van der Waals surface area contributed by atoms with E-state index in [4.69, 9.17) is 11.6 Å². The Morgan fingerprint density at radius 2 is 2.07 bits per heavy atom. The predicted octanol–water partition coefficient (Wildman–Crippen LogP) is 2.45. The van der Waals surface area contributed by atoms with Gasteiger partial charge in [-0.1, -0.05) is 12.1 Å². The van der Waals surface area contributed by atoms with Gasteiger partial charge in [-0.2, -0.15) is 0 Å². The van der Waals surface area contributed by atoms with Crippen molar-refractivity contribution in [3.8, 4) is 17.0 Å². The first-order valence-corrected chi connectivity index (χ1v) is 4.53. The van der Waals surface area contributed by atoms with Gasteiger partial charge in [-0.15, -0.1) is 0 Å². The van der Waals surface area contributed by atoms with Crippen LogP contribution in [0, 0.1) is 0 Å². The van der Waals surface area contributed by atoms with E-state index >= 15 is 0 Å². The first kappa shape index (κ1) is 9.09. The molecule has 1 aromatic heterocycles. The summed E-state index contributed by atoms with van der Waals surface area (Å²) in [5, 5.41) is 10.0. The van der Waals surface area contributed by atoms with Gasteiger partial charge in [0.2, 0.25) is 5.28 Å². The van der Waals surface area contributed by atoms with E-state index in [2.05, 4.69) is 4.98 Å². The van der Waals surface area contributed by atoms with Crippen LogP contribution in [0.1, 0.15) is 0 Å². The van der Waals surface area contributed by atoms with Crippen LogP contribution in [0.25, 0.3) is 11.3 Å². The van der Waals surface area contributed by atoms with Gasteiger partial charge in [0.1, 0.15) is 5.75 Å². The van der Waals surface area contributed by atoms with Crippen LogP contribution in [0.5, 0.6) is 5.75 Å². The number of halogens is 1. The fourth-order valence-electron chi connectivity index (χ4n) is 1.33. The van der Waals surface area contributed by atoms with Crippen molar-refractivity contribution in [3.05, 3.63) is 35.7 Å². The minimum absolute atomic E-state index is 0.229. The average molecular weight is 209 g/mol. The number of hydrogen-bond donors (Lipinski definition) is 1. The molecule has 0 fully saturated rings. The summed E-state index contributed by atoms with van der Waals surface area (Å²) >= 11 is 5.80. The van der Waals surface area contributed by atoms with E-state index in [1.807, 2.05) is 12.1 Å². The van der Waals surface area contributed by atoms with Gasteiger partial charge in [0, 0.05) is 12.6 Å². The SMILES string of the molecule is Cn1c(-c2ccccc2O)cnc1Cl. The van der Waals surface area contributed by atoms with E-state index in [-0.39, 0.29) is 5.75 Å². The number of para-hydroxylation sites is 1. The van der Waals surface area contributed by atoms with Crippen LogP contribution in [0.3, 0.4) is 0 Å². The maximum atomic E-state index is 9.61. The molecule has 1 aromatic carbocycles. The lowest BCUT2D eigenvalue weighted by Crippen LogP contribution is -1.91. The van der Waals surface area contributed by atoms with E-state index in [1.165, 1.54) is 0 Å². The van der Waals surface area contributed by atoms with Crippen molar-refractivity contribution in [1.82, 2.24) is 9.55 Å². The minimum atomic E-state index is 0.229. The summed E-state index contributed by atoms with van der Waals surface area (Å²) in [7, 11) is 1.80. The molecule has 0 aliphatic heterocycles. The molecular weight excluding hydrogens is 200 g/mol. The molecule has 3 nitrogen and oxygen atoms in total. The van der Waals surface area contributed by atoms with Crippen molar-refractivity contribution in [2.45, 2.75) is 0 Å². The predicted molar refractivity (Wildman–Crippen MR) is 55.3 cm³/mol. The van der Waals surface area contributed by atoms with Gasteiger partial charge in [0.05, 0.1) is 11.9 Å². The van der Waals surface area contributed by atoms with E-state index in [0.29, 0.717) is 5.28 Å². The van der Waals surface area contributed by atoms with Crippen LogP contribution in [0.4, 0.5) is 0 Å². The molecule has 0 aliphatic rings. The Hall–Kier alpha value is -1.48. The topological polar surface area (TPSA) is 38.0 Å².